The molecular weight excluding hydrogens is 448 g/mol. The van der Waals surface area contributed by atoms with E-state index in [4.69, 9.17) is 9.47 Å². The first kappa shape index (κ1) is 24.0. The molecule has 1 N–H and O–H groups in total. The third-order valence-corrected chi connectivity index (χ3v) is 6.53. The van der Waals surface area contributed by atoms with Gasteiger partial charge in [-0.25, -0.2) is 9.78 Å². The molecule has 0 fully saturated rings. The number of para-hydroxylation sites is 1. The van der Waals surface area contributed by atoms with Crippen LogP contribution in [0.5, 0.6) is 5.75 Å². The number of nitrogens with one attached hydrogen (secondary N) is 1. The van der Waals surface area contributed by atoms with Crippen molar-refractivity contribution in [3.63, 3.8) is 0 Å². The zero-order chi connectivity index (χ0) is 25.3. The molecule has 2 heterocycles. The Morgan fingerprint density at radius 2 is 1.86 bits per heavy atom. The molecule has 182 valence electrons. The van der Waals surface area contributed by atoms with Crippen LogP contribution in [0.3, 0.4) is 0 Å². The molecule has 1 aromatic heterocycles. The summed E-state index contributed by atoms with van der Waals surface area (Å²) in [5.74, 6) is -0.907. The third kappa shape index (κ3) is 4.03. The highest BCUT2D eigenvalue weighted by Gasteiger charge is 2.50. The second kappa shape index (κ2) is 9.25. The van der Waals surface area contributed by atoms with Gasteiger partial charge in [-0.15, -0.1) is 0 Å². The first-order valence-corrected chi connectivity index (χ1v) is 11.2. The van der Waals surface area contributed by atoms with E-state index >= 15 is 0 Å². The number of benzene rings is 2. The van der Waals surface area contributed by atoms with Crippen molar-refractivity contribution in [3.8, 4) is 5.75 Å². The summed E-state index contributed by atoms with van der Waals surface area (Å²) in [5.41, 5.74) is 1.93. The Morgan fingerprint density at radius 3 is 2.57 bits per heavy atom. The monoisotopic (exact) mass is 476 g/mol. The van der Waals surface area contributed by atoms with Crippen LogP contribution in [-0.4, -0.2) is 47.1 Å². The van der Waals surface area contributed by atoms with Crippen molar-refractivity contribution in [3.05, 3.63) is 76.9 Å². The number of esters is 1. The summed E-state index contributed by atoms with van der Waals surface area (Å²) >= 11 is 0. The maximum Gasteiger partial charge on any atom is 0.359 e. The summed E-state index contributed by atoms with van der Waals surface area (Å²) in [6, 6.07) is 13.0. The average molecular weight is 477 g/mol. The smallest absolute Gasteiger partial charge is 0.359 e. The summed E-state index contributed by atoms with van der Waals surface area (Å²) < 4.78 is 11.8. The lowest BCUT2D eigenvalue weighted by molar-refractivity contribution is -0.126. The SMILES string of the molecule is COC(=O)c1ncn2c1C(=O)N(c1cccc(C)c1C)[C@](C)(C(=O)NCc1ccccc1OC)C2. The van der Waals surface area contributed by atoms with E-state index in [0.717, 1.165) is 16.7 Å². The van der Waals surface area contributed by atoms with Gasteiger partial charge in [-0.1, -0.05) is 30.3 Å². The number of hydrogen-bond acceptors (Lipinski definition) is 6. The van der Waals surface area contributed by atoms with Crippen LogP contribution in [0.25, 0.3) is 0 Å². The van der Waals surface area contributed by atoms with Gasteiger partial charge in [-0.2, -0.15) is 0 Å². The summed E-state index contributed by atoms with van der Waals surface area (Å²) in [4.78, 5) is 45.6. The molecule has 1 aliphatic heterocycles. The van der Waals surface area contributed by atoms with Gasteiger partial charge in [-0.05, 0) is 44.0 Å². The van der Waals surface area contributed by atoms with Crippen LogP contribution >= 0.6 is 0 Å². The molecule has 2 amide bonds. The van der Waals surface area contributed by atoms with Crippen molar-refractivity contribution >= 4 is 23.5 Å². The average Bonchev–Trinajstić information content (AvgIpc) is 3.28. The lowest BCUT2D eigenvalue weighted by Crippen LogP contribution is -2.64. The Labute approximate surface area is 203 Å². The molecular formula is C26H28N4O5. The van der Waals surface area contributed by atoms with Crippen molar-refractivity contribution in [1.82, 2.24) is 14.9 Å². The highest BCUT2D eigenvalue weighted by molar-refractivity contribution is 6.15. The second-order valence-corrected chi connectivity index (χ2v) is 8.69. The molecule has 0 radical (unpaired) electrons. The van der Waals surface area contributed by atoms with Crippen LogP contribution in [-0.2, 0) is 22.6 Å². The number of fused-ring (bicyclic) bond motifs is 1. The largest absolute Gasteiger partial charge is 0.496 e. The first-order chi connectivity index (χ1) is 16.7. The lowest BCUT2D eigenvalue weighted by Gasteiger charge is -2.44. The number of ether oxygens (including phenoxy) is 2. The van der Waals surface area contributed by atoms with Crippen LogP contribution < -0.4 is 15.0 Å². The van der Waals surface area contributed by atoms with E-state index in [0.29, 0.717) is 11.4 Å². The Balaban J connectivity index is 1.79. The van der Waals surface area contributed by atoms with Crippen molar-refractivity contribution in [1.29, 1.82) is 0 Å². The molecule has 9 heteroatoms. The highest BCUT2D eigenvalue weighted by Crippen LogP contribution is 2.36. The molecule has 0 saturated heterocycles. The molecule has 0 spiro atoms. The summed E-state index contributed by atoms with van der Waals surface area (Å²) in [6.07, 6.45) is 1.39. The minimum absolute atomic E-state index is 0.0794. The molecule has 2 aromatic carbocycles. The molecule has 0 aliphatic carbocycles. The van der Waals surface area contributed by atoms with E-state index < -0.39 is 17.4 Å². The Morgan fingerprint density at radius 1 is 1.11 bits per heavy atom. The molecule has 0 saturated carbocycles. The number of aryl methyl sites for hydroxylation is 1. The van der Waals surface area contributed by atoms with Gasteiger partial charge in [-0.3, -0.25) is 14.5 Å². The number of methoxy groups -OCH3 is 2. The number of carbonyl (C=O) groups is 3. The van der Waals surface area contributed by atoms with Crippen molar-refractivity contribution in [2.24, 2.45) is 0 Å². The molecule has 1 aliphatic rings. The maximum absolute atomic E-state index is 13.9. The second-order valence-electron chi connectivity index (χ2n) is 8.69. The van der Waals surface area contributed by atoms with E-state index in [2.05, 4.69) is 10.3 Å². The standard InChI is InChI=1S/C26H28N4O5/c1-16-9-8-11-19(17(16)2)30-23(31)22-21(24(32)35-5)28-15-29(22)14-26(30,3)25(33)27-13-18-10-6-7-12-20(18)34-4/h6-12,15H,13-14H2,1-5H3,(H,27,33)/t26-/m0/s1. The van der Waals surface area contributed by atoms with Gasteiger partial charge in [0.2, 0.25) is 5.91 Å². The van der Waals surface area contributed by atoms with Crippen LogP contribution in [0.15, 0.2) is 48.8 Å². The minimum atomic E-state index is -1.31. The molecule has 1 atom stereocenters. The Hall–Kier alpha value is -4.14. The van der Waals surface area contributed by atoms with E-state index in [-0.39, 0.29) is 30.4 Å². The zero-order valence-electron chi connectivity index (χ0n) is 20.4. The first-order valence-electron chi connectivity index (χ1n) is 11.2. The fraction of sp³-hybridized carbons (Fsp3) is 0.308. The number of carbonyl (C=O) groups excluding carboxylic acids is 3. The number of nitrogens with zero attached hydrogens (tertiary/aromatic N) is 3. The number of anilines is 1. The lowest BCUT2D eigenvalue weighted by atomic mass is 9.91. The van der Waals surface area contributed by atoms with Crippen LogP contribution in [0, 0.1) is 13.8 Å². The van der Waals surface area contributed by atoms with E-state index in [1.54, 1.807) is 24.7 Å². The van der Waals surface area contributed by atoms with Gasteiger partial charge in [0.1, 0.15) is 17.0 Å². The fourth-order valence-corrected chi connectivity index (χ4v) is 4.45. The molecule has 4 rings (SSSR count). The molecule has 0 unspecified atom stereocenters. The topological polar surface area (TPSA) is 103 Å². The van der Waals surface area contributed by atoms with Gasteiger partial charge >= 0.3 is 5.97 Å². The van der Waals surface area contributed by atoms with Crippen LogP contribution in [0.4, 0.5) is 5.69 Å². The summed E-state index contributed by atoms with van der Waals surface area (Å²) in [6.45, 7) is 5.88. The van der Waals surface area contributed by atoms with E-state index in [1.807, 2.05) is 50.2 Å². The van der Waals surface area contributed by atoms with Crippen molar-refractivity contribution in [2.75, 3.05) is 19.1 Å². The van der Waals surface area contributed by atoms with Gasteiger partial charge in [0, 0.05) is 17.8 Å². The van der Waals surface area contributed by atoms with Crippen LogP contribution in [0.1, 0.15) is 44.6 Å². The van der Waals surface area contributed by atoms with Gasteiger partial charge in [0.25, 0.3) is 5.91 Å². The Kier molecular flexibility index (Phi) is 6.34. The maximum atomic E-state index is 13.9. The third-order valence-electron chi connectivity index (χ3n) is 6.53. The fourth-order valence-electron chi connectivity index (χ4n) is 4.45. The predicted octanol–water partition coefficient (Wildman–Crippen LogP) is 3.03. The van der Waals surface area contributed by atoms with Crippen molar-refractivity contribution in [2.45, 2.75) is 39.4 Å². The highest BCUT2D eigenvalue weighted by atomic mass is 16.5. The number of rotatable bonds is 6. The normalized spacial score (nSPS) is 17.1. The van der Waals surface area contributed by atoms with Crippen LogP contribution in [0.2, 0.25) is 0 Å². The number of hydrogen-bond donors (Lipinski definition) is 1. The summed E-state index contributed by atoms with van der Waals surface area (Å²) in [5, 5.41) is 2.97. The quantitative estimate of drug-likeness (QED) is 0.549. The van der Waals surface area contributed by atoms with Gasteiger partial charge in [0.05, 0.1) is 27.1 Å². The molecule has 9 nitrogen and oxygen atoms in total. The number of aromatic nitrogens is 2. The van der Waals surface area contributed by atoms with Gasteiger partial charge < -0.3 is 19.4 Å². The molecule has 3 aromatic rings. The van der Waals surface area contributed by atoms with Crippen molar-refractivity contribution < 1.29 is 23.9 Å². The zero-order valence-corrected chi connectivity index (χ0v) is 20.4. The number of imidazole rings is 1. The predicted molar refractivity (Wildman–Crippen MR) is 130 cm³/mol. The van der Waals surface area contributed by atoms with E-state index in [9.17, 15) is 14.4 Å². The molecule has 35 heavy (non-hydrogen) atoms. The molecule has 0 bridgehead atoms. The van der Waals surface area contributed by atoms with E-state index in [1.165, 1.54) is 18.3 Å². The van der Waals surface area contributed by atoms with Gasteiger partial charge in [0.15, 0.2) is 5.69 Å². The number of amides is 2. The summed E-state index contributed by atoms with van der Waals surface area (Å²) in [7, 11) is 2.81. The Bertz CT molecular complexity index is 1310. The minimum Gasteiger partial charge on any atom is -0.496 e.